The number of thioether (sulfide) groups is 1. The van der Waals surface area contributed by atoms with Gasteiger partial charge >= 0.3 is 5.97 Å². The van der Waals surface area contributed by atoms with E-state index in [2.05, 4.69) is 12.2 Å². The molecular formula is C13H18N2O2S. The molecule has 1 atom stereocenters. The van der Waals surface area contributed by atoms with Gasteiger partial charge in [0.15, 0.2) is 0 Å². The van der Waals surface area contributed by atoms with E-state index in [9.17, 15) is 4.79 Å². The number of carbonyl (C=O) groups is 1. The molecule has 1 aromatic carbocycles. The summed E-state index contributed by atoms with van der Waals surface area (Å²) in [6.45, 7) is 3.00. The lowest BCUT2D eigenvalue weighted by Gasteiger charge is -2.24. The van der Waals surface area contributed by atoms with E-state index in [4.69, 9.17) is 10.8 Å². The third kappa shape index (κ3) is 2.90. The molecule has 0 spiro atoms. The van der Waals surface area contributed by atoms with Crippen LogP contribution in [0.3, 0.4) is 0 Å². The second-order valence-corrected chi connectivity index (χ2v) is 6.55. The third-order valence-electron chi connectivity index (χ3n) is 3.23. The van der Waals surface area contributed by atoms with E-state index in [0.717, 1.165) is 6.54 Å². The topological polar surface area (TPSA) is 75.3 Å². The number of rotatable bonds is 4. The van der Waals surface area contributed by atoms with E-state index in [1.54, 1.807) is 12.1 Å². The van der Waals surface area contributed by atoms with Crippen molar-refractivity contribution in [3.8, 4) is 0 Å². The molecule has 0 aromatic heterocycles. The highest BCUT2D eigenvalue weighted by Gasteiger charge is 2.29. The van der Waals surface area contributed by atoms with Gasteiger partial charge < -0.3 is 16.2 Å². The molecule has 0 amide bonds. The number of nitrogen functional groups attached to an aromatic ring is 1. The van der Waals surface area contributed by atoms with Gasteiger partial charge in [-0.15, -0.1) is 0 Å². The molecule has 0 aliphatic carbocycles. The molecule has 4 N–H and O–H groups in total. The fourth-order valence-corrected chi connectivity index (χ4v) is 3.40. The van der Waals surface area contributed by atoms with Gasteiger partial charge in [0.1, 0.15) is 0 Å². The standard InChI is InChI=1S/C13H18N2O2S/c1-13(5-2-6-18-13)8-15-11-4-3-9(14)7-10(11)12(16)17/h3-4,7,15H,2,5-6,8,14H2,1H3,(H,16,17). The number of hydrogen-bond acceptors (Lipinski definition) is 4. The van der Waals surface area contributed by atoms with Crippen LogP contribution in [0.5, 0.6) is 0 Å². The summed E-state index contributed by atoms with van der Waals surface area (Å²) in [6, 6.07) is 4.95. The quantitative estimate of drug-likeness (QED) is 0.730. The van der Waals surface area contributed by atoms with Crippen molar-refractivity contribution in [3.05, 3.63) is 23.8 Å². The van der Waals surface area contributed by atoms with Gasteiger partial charge in [-0.25, -0.2) is 4.79 Å². The van der Waals surface area contributed by atoms with Crippen LogP contribution in [0.15, 0.2) is 18.2 Å². The van der Waals surface area contributed by atoms with Crippen molar-refractivity contribution in [2.24, 2.45) is 0 Å². The molecule has 1 saturated heterocycles. The fourth-order valence-electron chi connectivity index (χ4n) is 2.15. The van der Waals surface area contributed by atoms with Crippen LogP contribution in [0.4, 0.5) is 11.4 Å². The molecule has 0 bridgehead atoms. The summed E-state index contributed by atoms with van der Waals surface area (Å²) in [6.07, 6.45) is 2.40. The number of nitrogens with two attached hydrogens (primary N) is 1. The molecule has 1 heterocycles. The molecule has 4 nitrogen and oxygen atoms in total. The van der Waals surface area contributed by atoms with Crippen LogP contribution in [0.2, 0.25) is 0 Å². The highest BCUT2D eigenvalue weighted by molar-refractivity contribution is 8.00. The first-order valence-corrected chi connectivity index (χ1v) is 6.99. The smallest absolute Gasteiger partial charge is 0.337 e. The van der Waals surface area contributed by atoms with Crippen LogP contribution in [0, 0.1) is 0 Å². The van der Waals surface area contributed by atoms with Crippen LogP contribution < -0.4 is 11.1 Å². The molecule has 1 fully saturated rings. The molecule has 0 saturated carbocycles. The zero-order valence-electron chi connectivity index (χ0n) is 10.4. The lowest BCUT2D eigenvalue weighted by Crippen LogP contribution is -2.27. The van der Waals surface area contributed by atoms with Gasteiger partial charge in [-0.1, -0.05) is 0 Å². The van der Waals surface area contributed by atoms with E-state index in [1.165, 1.54) is 24.7 Å². The van der Waals surface area contributed by atoms with Gasteiger partial charge in [-0.05, 0) is 43.7 Å². The maximum Gasteiger partial charge on any atom is 0.337 e. The summed E-state index contributed by atoms with van der Waals surface area (Å²) in [5.41, 5.74) is 6.97. The number of benzene rings is 1. The Hall–Kier alpha value is -1.36. The monoisotopic (exact) mass is 266 g/mol. The summed E-state index contributed by atoms with van der Waals surface area (Å²) in [4.78, 5) is 11.1. The van der Waals surface area contributed by atoms with E-state index in [0.29, 0.717) is 11.4 Å². The summed E-state index contributed by atoms with van der Waals surface area (Å²) in [7, 11) is 0. The van der Waals surface area contributed by atoms with E-state index >= 15 is 0 Å². The largest absolute Gasteiger partial charge is 0.478 e. The maximum atomic E-state index is 11.1. The third-order valence-corrected chi connectivity index (χ3v) is 4.77. The normalized spacial score (nSPS) is 22.9. The Morgan fingerprint density at radius 3 is 3.00 bits per heavy atom. The minimum atomic E-state index is -0.950. The maximum absolute atomic E-state index is 11.1. The molecule has 1 aliphatic heterocycles. The van der Waals surface area contributed by atoms with Crippen molar-refractivity contribution in [2.75, 3.05) is 23.3 Å². The number of anilines is 2. The second-order valence-electron chi connectivity index (χ2n) is 4.87. The minimum Gasteiger partial charge on any atom is -0.478 e. The van der Waals surface area contributed by atoms with Crippen molar-refractivity contribution >= 4 is 29.1 Å². The molecule has 1 unspecified atom stereocenters. The van der Waals surface area contributed by atoms with Crippen molar-refractivity contribution in [1.82, 2.24) is 0 Å². The Bertz CT molecular complexity index is 456. The Balaban J connectivity index is 2.11. The molecule has 5 heteroatoms. The van der Waals surface area contributed by atoms with Crippen LogP contribution in [0.25, 0.3) is 0 Å². The summed E-state index contributed by atoms with van der Waals surface area (Å²) in [5, 5.41) is 12.4. The number of aromatic carboxylic acids is 1. The highest BCUT2D eigenvalue weighted by atomic mass is 32.2. The predicted molar refractivity (Wildman–Crippen MR) is 76.4 cm³/mol. The number of carboxylic acids is 1. The summed E-state index contributed by atoms with van der Waals surface area (Å²) < 4.78 is 0.206. The zero-order chi connectivity index (χ0) is 13.2. The van der Waals surface area contributed by atoms with Gasteiger partial charge in [0, 0.05) is 22.7 Å². The van der Waals surface area contributed by atoms with Gasteiger partial charge in [0.05, 0.1) is 5.56 Å². The second kappa shape index (κ2) is 5.10. The average molecular weight is 266 g/mol. The first-order valence-electron chi connectivity index (χ1n) is 6.01. The molecule has 18 heavy (non-hydrogen) atoms. The van der Waals surface area contributed by atoms with Crippen LogP contribution in [-0.2, 0) is 0 Å². The number of hydrogen-bond donors (Lipinski definition) is 3. The molecule has 98 valence electrons. The van der Waals surface area contributed by atoms with E-state index in [-0.39, 0.29) is 10.3 Å². The number of nitrogens with one attached hydrogen (secondary N) is 1. The first kappa shape index (κ1) is 13.1. The lowest BCUT2D eigenvalue weighted by atomic mass is 10.1. The van der Waals surface area contributed by atoms with Gasteiger partial charge in [-0.2, -0.15) is 11.8 Å². The first-order chi connectivity index (χ1) is 8.50. The van der Waals surface area contributed by atoms with Crippen molar-refractivity contribution in [2.45, 2.75) is 24.5 Å². The lowest BCUT2D eigenvalue weighted by molar-refractivity contribution is 0.0698. The molecule has 0 radical (unpaired) electrons. The van der Waals surface area contributed by atoms with E-state index < -0.39 is 5.97 Å². The Labute approximate surface area is 111 Å². The summed E-state index contributed by atoms with van der Waals surface area (Å²) >= 11 is 1.95. The van der Waals surface area contributed by atoms with E-state index in [1.807, 2.05) is 11.8 Å². The average Bonchev–Trinajstić information content (AvgIpc) is 2.75. The van der Waals surface area contributed by atoms with Gasteiger partial charge in [0.25, 0.3) is 0 Å². The summed E-state index contributed by atoms with van der Waals surface area (Å²) in [5.74, 6) is 0.236. The fraction of sp³-hybridized carbons (Fsp3) is 0.462. The van der Waals surface area contributed by atoms with Crippen molar-refractivity contribution in [3.63, 3.8) is 0 Å². The molecular weight excluding hydrogens is 248 g/mol. The number of carboxylic acid groups (broad SMARTS) is 1. The van der Waals surface area contributed by atoms with Crippen molar-refractivity contribution in [1.29, 1.82) is 0 Å². The Morgan fingerprint density at radius 2 is 2.39 bits per heavy atom. The van der Waals surface area contributed by atoms with Crippen LogP contribution in [0.1, 0.15) is 30.1 Å². The van der Waals surface area contributed by atoms with Crippen LogP contribution in [-0.4, -0.2) is 28.1 Å². The highest BCUT2D eigenvalue weighted by Crippen LogP contribution is 2.37. The Kier molecular flexibility index (Phi) is 3.71. The van der Waals surface area contributed by atoms with Gasteiger partial charge in [0.2, 0.25) is 0 Å². The molecule has 2 rings (SSSR count). The van der Waals surface area contributed by atoms with Gasteiger partial charge in [-0.3, -0.25) is 0 Å². The molecule has 1 aliphatic rings. The Morgan fingerprint density at radius 1 is 1.61 bits per heavy atom. The van der Waals surface area contributed by atoms with Crippen molar-refractivity contribution < 1.29 is 9.90 Å². The van der Waals surface area contributed by atoms with Crippen LogP contribution >= 0.6 is 11.8 Å². The molecule has 1 aromatic rings. The zero-order valence-corrected chi connectivity index (χ0v) is 11.2. The predicted octanol–water partition coefficient (Wildman–Crippen LogP) is 2.66. The SMILES string of the molecule is CC1(CNc2ccc(N)cc2C(=O)O)CCCS1. The minimum absolute atomic E-state index is 0.206.